The summed E-state index contributed by atoms with van der Waals surface area (Å²) in [5.74, 6) is 0.247. The van der Waals surface area contributed by atoms with E-state index in [1.165, 1.54) is 12.1 Å². The molecule has 2 N–H and O–H groups in total. The normalized spacial score (nSPS) is 19.5. The molecule has 5 nitrogen and oxygen atoms in total. The molecule has 0 unspecified atom stereocenters. The monoisotopic (exact) mass is 438 g/mol. The van der Waals surface area contributed by atoms with Crippen LogP contribution in [0.2, 0.25) is 0 Å². The van der Waals surface area contributed by atoms with Crippen LogP contribution in [0.1, 0.15) is 50.5 Å². The zero-order valence-corrected chi connectivity index (χ0v) is 18.4. The van der Waals surface area contributed by atoms with Crippen molar-refractivity contribution in [2.24, 2.45) is 11.1 Å². The van der Waals surface area contributed by atoms with Gasteiger partial charge in [-0.3, -0.25) is 9.59 Å². The number of rotatable bonds is 7. The van der Waals surface area contributed by atoms with E-state index in [1.54, 1.807) is 12.1 Å². The summed E-state index contributed by atoms with van der Waals surface area (Å²) in [6, 6.07) is 15.9. The largest absolute Gasteiger partial charge is 0.493 e. The number of benzene rings is 2. The smallest absolute Gasteiger partial charge is 0.233 e. The molecule has 1 saturated heterocycles. The van der Waals surface area contributed by atoms with Gasteiger partial charge in [0.2, 0.25) is 11.8 Å². The Kier molecular flexibility index (Phi) is 6.49. The van der Waals surface area contributed by atoms with Crippen LogP contribution in [0.15, 0.2) is 54.6 Å². The van der Waals surface area contributed by atoms with Crippen LogP contribution < -0.4 is 10.5 Å². The Labute approximate surface area is 188 Å². The van der Waals surface area contributed by atoms with Crippen molar-refractivity contribution in [1.82, 2.24) is 4.90 Å². The zero-order valence-electron chi connectivity index (χ0n) is 18.4. The zero-order chi connectivity index (χ0) is 22.6. The fourth-order valence-electron chi connectivity index (χ4n) is 5.36. The summed E-state index contributed by atoms with van der Waals surface area (Å²) in [5, 5.41) is 0. The summed E-state index contributed by atoms with van der Waals surface area (Å²) in [7, 11) is 0. The third kappa shape index (κ3) is 4.64. The van der Waals surface area contributed by atoms with Crippen molar-refractivity contribution in [2.75, 3.05) is 19.7 Å². The van der Waals surface area contributed by atoms with Gasteiger partial charge in [0.15, 0.2) is 0 Å². The molecule has 2 fully saturated rings. The lowest BCUT2D eigenvalue weighted by atomic mass is 9.73. The number of nitrogens with two attached hydrogens (primary N) is 1. The second-order valence-corrected chi connectivity index (χ2v) is 9.33. The van der Waals surface area contributed by atoms with Crippen molar-refractivity contribution in [2.45, 2.75) is 50.4 Å². The lowest BCUT2D eigenvalue weighted by molar-refractivity contribution is -0.140. The second-order valence-electron chi connectivity index (χ2n) is 9.33. The van der Waals surface area contributed by atoms with Gasteiger partial charge in [-0.25, -0.2) is 4.39 Å². The van der Waals surface area contributed by atoms with E-state index in [9.17, 15) is 14.0 Å². The van der Waals surface area contributed by atoms with Crippen LogP contribution in [-0.4, -0.2) is 36.4 Å². The number of para-hydroxylation sites is 1. The first-order valence-corrected chi connectivity index (χ1v) is 11.4. The molecular formula is C26H31FN2O3. The van der Waals surface area contributed by atoms with E-state index in [1.807, 2.05) is 35.2 Å². The van der Waals surface area contributed by atoms with Crippen molar-refractivity contribution in [1.29, 1.82) is 0 Å². The van der Waals surface area contributed by atoms with E-state index in [0.29, 0.717) is 32.5 Å². The Morgan fingerprint density at radius 3 is 2.16 bits per heavy atom. The van der Waals surface area contributed by atoms with Gasteiger partial charge >= 0.3 is 0 Å². The molecule has 1 heterocycles. The number of piperidine rings is 1. The van der Waals surface area contributed by atoms with E-state index in [0.717, 1.165) is 37.0 Å². The van der Waals surface area contributed by atoms with Gasteiger partial charge in [0.25, 0.3) is 0 Å². The van der Waals surface area contributed by atoms with E-state index in [2.05, 4.69) is 0 Å². The number of nitrogens with zero attached hydrogens (tertiary/aromatic N) is 1. The van der Waals surface area contributed by atoms with Gasteiger partial charge in [0.1, 0.15) is 11.6 Å². The third-order valence-corrected chi connectivity index (χ3v) is 7.21. The highest BCUT2D eigenvalue weighted by molar-refractivity contribution is 5.88. The summed E-state index contributed by atoms with van der Waals surface area (Å²) in [5.41, 5.74) is 5.53. The number of carbonyl (C=O) groups is 2. The van der Waals surface area contributed by atoms with Crippen molar-refractivity contribution in [3.63, 3.8) is 0 Å². The SMILES string of the molecule is NC(=O)CC1(COc2ccccc2)CCN(C(=O)C2(c3ccc(F)cc3)CCCC2)CC1. The number of amides is 2. The summed E-state index contributed by atoms with van der Waals surface area (Å²) < 4.78 is 19.5. The van der Waals surface area contributed by atoms with Gasteiger partial charge in [-0.15, -0.1) is 0 Å². The highest BCUT2D eigenvalue weighted by atomic mass is 19.1. The Balaban J connectivity index is 1.47. The molecule has 2 aliphatic rings. The standard InChI is InChI=1S/C26H31FN2O3/c27-21-10-8-20(9-11-21)26(12-4-5-13-26)24(31)29-16-14-25(15-17-29,18-23(28)30)19-32-22-6-2-1-3-7-22/h1-3,6-11H,4-5,12-19H2,(H2,28,30). The fourth-order valence-corrected chi connectivity index (χ4v) is 5.36. The molecule has 0 radical (unpaired) electrons. The second kappa shape index (κ2) is 9.31. The maximum absolute atomic E-state index is 13.7. The molecule has 2 aromatic rings. The minimum absolute atomic E-state index is 0.123. The third-order valence-electron chi connectivity index (χ3n) is 7.21. The summed E-state index contributed by atoms with van der Waals surface area (Å²) >= 11 is 0. The molecular weight excluding hydrogens is 407 g/mol. The first kappa shape index (κ1) is 22.3. The van der Waals surface area contributed by atoms with Crippen LogP contribution in [0.5, 0.6) is 5.75 Å². The molecule has 2 aromatic carbocycles. The molecule has 0 aromatic heterocycles. The predicted molar refractivity (Wildman–Crippen MR) is 121 cm³/mol. The topological polar surface area (TPSA) is 72.6 Å². The Morgan fingerprint density at radius 2 is 1.56 bits per heavy atom. The maximum Gasteiger partial charge on any atom is 0.233 e. The van der Waals surface area contributed by atoms with Crippen molar-refractivity contribution >= 4 is 11.8 Å². The average molecular weight is 439 g/mol. The molecule has 6 heteroatoms. The lowest BCUT2D eigenvalue weighted by Gasteiger charge is -2.44. The molecule has 1 saturated carbocycles. The van der Waals surface area contributed by atoms with Crippen LogP contribution in [0, 0.1) is 11.2 Å². The van der Waals surface area contributed by atoms with Crippen molar-refractivity contribution in [3.8, 4) is 5.75 Å². The quantitative estimate of drug-likeness (QED) is 0.704. The molecule has 170 valence electrons. The minimum Gasteiger partial charge on any atom is -0.493 e. The Bertz CT molecular complexity index is 931. The Morgan fingerprint density at radius 1 is 0.938 bits per heavy atom. The minimum atomic E-state index is -0.572. The molecule has 1 aliphatic heterocycles. The van der Waals surface area contributed by atoms with E-state index in [4.69, 9.17) is 10.5 Å². The molecule has 0 bridgehead atoms. The van der Waals surface area contributed by atoms with E-state index < -0.39 is 5.41 Å². The van der Waals surface area contributed by atoms with Crippen LogP contribution in [0.4, 0.5) is 4.39 Å². The maximum atomic E-state index is 13.7. The van der Waals surface area contributed by atoms with Gasteiger partial charge < -0.3 is 15.4 Å². The fraction of sp³-hybridized carbons (Fsp3) is 0.462. The molecule has 0 spiro atoms. The number of likely N-dealkylation sites (tertiary alicyclic amines) is 1. The number of ether oxygens (including phenoxy) is 1. The highest BCUT2D eigenvalue weighted by Crippen LogP contribution is 2.44. The van der Waals surface area contributed by atoms with Crippen molar-refractivity contribution < 1.29 is 18.7 Å². The average Bonchev–Trinajstić information content (AvgIpc) is 3.30. The number of hydrogen-bond acceptors (Lipinski definition) is 3. The first-order valence-electron chi connectivity index (χ1n) is 11.4. The summed E-state index contributed by atoms with van der Waals surface area (Å²) in [4.78, 5) is 27.5. The molecule has 0 atom stereocenters. The van der Waals surface area contributed by atoms with Crippen molar-refractivity contribution in [3.05, 3.63) is 66.0 Å². The van der Waals surface area contributed by atoms with Crippen LogP contribution >= 0.6 is 0 Å². The van der Waals surface area contributed by atoms with Gasteiger partial charge in [-0.05, 0) is 55.5 Å². The van der Waals surface area contributed by atoms with Gasteiger partial charge in [-0.1, -0.05) is 43.2 Å². The molecule has 32 heavy (non-hydrogen) atoms. The van der Waals surface area contributed by atoms with Gasteiger partial charge in [-0.2, -0.15) is 0 Å². The number of carbonyl (C=O) groups excluding carboxylic acids is 2. The van der Waals surface area contributed by atoms with Crippen LogP contribution in [0.25, 0.3) is 0 Å². The molecule has 1 aliphatic carbocycles. The van der Waals surface area contributed by atoms with E-state index >= 15 is 0 Å². The van der Waals surface area contributed by atoms with Crippen LogP contribution in [0.3, 0.4) is 0 Å². The number of halogens is 1. The summed E-state index contributed by atoms with van der Waals surface area (Å²) in [6.07, 6.45) is 5.13. The molecule has 4 rings (SSSR count). The number of hydrogen-bond donors (Lipinski definition) is 1. The van der Waals surface area contributed by atoms with Gasteiger partial charge in [0.05, 0.1) is 12.0 Å². The Hall–Kier alpha value is -2.89. The molecule has 2 amide bonds. The predicted octanol–water partition coefficient (Wildman–Crippen LogP) is 4.20. The summed E-state index contributed by atoms with van der Waals surface area (Å²) in [6.45, 7) is 1.52. The van der Waals surface area contributed by atoms with Gasteiger partial charge in [0, 0.05) is 24.9 Å². The lowest BCUT2D eigenvalue weighted by Crippen LogP contribution is -2.52. The van der Waals surface area contributed by atoms with E-state index in [-0.39, 0.29) is 29.5 Å². The number of primary amides is 1. The first-order chi connectivity index (χ1) is 15.4. The van der Waals surface area contributed by atoms with Crippen LogP contribution in [-0.2, 0) is 15.0 Å². The highest BCUT2D eigenvalue weighted by Gasteiger charge is 2.47.